The third kappa shape index (κ3) is 4.34. The molecule has 0 radical (unpaired) electrons. The molecule has 0 bridgehead atoms. The molecule has 1 aromatic carbocycles. The molecule has 2 nitrogen and oxygen atoms in total. The molecule has 1 saturated carbocycles. The van der Waals surface area contributed by atoms with Gasteiger partial charge in [-0.3, -0.25) is 0 Å². The van der Waals surface area contributed by atoms with E-state index in [4.69, 9.17) is 5.73 Å². The van der Waals surface area contributed by atoms with Crippen LogP contribution in [0, 0.1) is 0 Å². The summed E-state index contributed by atoms with van der Waals surface area (Å²) in [7, 11) is 0. The summed E-state index contributed by atoms with van der Waals surface area (Å²) in [5, 5.41) is 3.45. The van der Waals surface area contributed by atoms with Gasteiger partial charge in [-0.2, -0.15) is 0 Å². The van der Waals surface area contributed by atoms with E-state index >= 15 is 0 Å². The van der Waals surface area contributed by atoms with Crippen molar-refractivity contribution in [2.75, 3.05) is 18.8 Å². The van der Waals surface area contributed by atoms with Gasteiger partial charge in [0, 0.05) is 17.0 Å². The van der Waals surface area contributed by atoms with Crippen molar-refractivity contribution in [1.82, 2.24) is 5.32 Å². The number of rotatable bonds is 7. The molecule has 1 aliphatic carbocycles. The Bertz CT molecular complexity index is 344. The molecule has 0 unspecified atom stereocenters. The second kappa shape index (κ2) is 5.89. The van der Waals surface area contributed by atoms with Gasteiger partial charge in [-0.25, -0.2) is 0 Å². The first kappa shape index (κ1) is 12.9. The lowest BCUT2D eigenvalue weighted by atomic mass is 10.1. The van der Waals surface area contributed by atoms with Crippen molar-refractivity contribution < 1.29 is 0 Å². The van der Waals surface area contributed by atoms with E-state index in [2.05, 4.69) is 36.5 Å². The first-order valence-corrected chi connectivity index (χ1v) is 7.42. The highest BCUT2D eigenvalue weighted by molar-refractivity contribution is 7.99. The van der Waals surface area contributed by atoms with Gasteiger partial charge in [0.05, 0.1) is 0 Å². The summed E-state index contributed by atoms with van der Waals surface area (Å²) in [4.78, 5) is 1.36. The van der Waals surface area contributed by atoms with Gasteiger partial charge in [-0.05, 0) is 49.3 Å². The van der Waals surface area contributed by atoms with Crippen molar-refractivity contribution in [2.24, 2.45) is 5.73 Å². The fraction of sp³-hybridized carbons (Fsp3) is 0.571. The molecule has 0 aromatic heterocycles. The highest BCUT2D eigenvalue weighted by Gasteiger charge is 2.37. The molecule has 0 spiro atoms. The lowest BCUT2D eigenvalue weighted by molar-refractivity contribution is 0.570. The minimum Gasteiger partial charge on any atom is -0.324 e. The SMILES string of the molecule is CCSc1ccc(CCNCC2(N)CC2)cc1. The molecular weight excluding hydrogens is 228 g/mol. The van der Waals surface area contributed by atoms with E-state index in [9.17, 15) is 0 Å². The average molecular weight is 250 g/mol. The van der Waals surface area contributed by atoms with Crippen LogP contribution in [0.5, 0.6) is 0 Å². The number of thioether (sulfide) groups is 1. The van der Waals surface area contributed by atoms with Gasteiger partial charge >= 0.3 is 0 Å². The van der Waals surface area contributed by atoms with Crippen LogP contribution in [0.4, 0.5) is 0 Å². The van der Waals surface area contributed by atoms with Gasteiger partial charge in [0.2, 0.25) is 0 Å². The number of nitrogens with one attached hydrogen (secondary N) is 1. The molecule has 0 saturated heterocycles. The van der Waals surface area contributed by atoms with E-state index in [0.29, 0.717) is 0 Å². The molecule has 1 aliphatic rings. The Morgan fingerprint density at radius 3 is 2.59 bits per heavy atom. The van der Waals surface area contributed by atoms with Crippen molar-refractivity contribution >= 4 is 11.8 Å². The van der Waals surface area contributed by atoms with Gasteiger partial charge < -0.3 is 11.1 Å². The summed E-state index contributed by atoms with van der Waals surface area (Å²) in [5.74, 6) is 1.14. The van der Waals surface area contributed by atoms with Crippen LogP contribution in [0.25, 0.3) is 0 Å². The molecule has 2 rings (SSSR count). The number of benzene rings is 1. The maximum absolute atomic E-state index is 6.01. The predicted octanol–water partition coefficient (Wildman–Crippen LogP) is 2.42. The van der Waals surface area contributed by atoms with Gasteiger partial charge in [-0.15, -0.1) is 11.8 Å². The Labute approximate surface area is 108 Å². The Hall–Kier alpha value is -0.510. The normalized spacial score (nSPS) is 17.1. The van der Waals surface area contributed by atoms with Crippen LogP contribution in [0.2, 0.25) is 0 Å². The minimum atomic E-state index is 0.127. The summed E-state index contributed by atoms with van der Waals surface area (Å²) in [6.45, 7) is 4.18. The standard InChI is InChI=1S/C14H22N2S/c1-2-17-13-5-3-12(4-6-13)7-10-16-11-14(15)8-9-14/h3-6,16H,2,7-11,15H2,1H3. The zero-order chi connectivity index (χ0) is 12.1. The zero-order valence-corrected chi connectivity index (χ0v) is 11.4. The second-order valence-electron chi connectivity index (χ2n) is 4.87. The van der Waals surface area contributed by atoms with Crippen LogP contribution in [0.3, 0.4) is 0 Å². The number of hydrogen-bond donors (Lipinski definition) is 2. The van der Waals surface area contributed by atoms with Crippen LogP contribution < -0.4 is 11.1 Å². The van der Waals surface area contributed by atoms with E-state index < -0.39 is 0 Å². The van der Waals surface area contributed by atoms with Crippen molar-refractivity contribution in [3.63, 3.8) is 0 Å². The third-order valence-corrected chi connectivity index (χ3v) is 4.09. The fourth-order valence-electron chi connectivity index (χ4n) is 1.83. The van der Waals surface area contributed by atoms with Crippen molar-refractivity contribution in [3.05, 3.63) is 29.8 Å². The summed E-state index contributed by atoms with van der Waals surface area (Å²) in [6.07, 6.45) is 3.46. The van der Waals surface area contributed by atoms with Crippen molar-refractivity contribution in [2.45, 2.75) is 36.6 Å². The number of hydrogen-bond acceptors (Lipinski definition) is 3. The van der Waals surface area contributed by atoms with Crippen LogP contribution in [-0.4, -0.2) is 24.4 Å². The fourth-order valence-corrected chi connectivity index (χ4v) is 2.49. The summed E-state index contributed by atoms with van der Waals surface area (Å²) >= 11 is 1.89. The maximum Gasteiger partial charge on any atom is 0.0282 e. The van der Waals surface area contributed by atoms with Gasteiger partial charge in [-0.1, -0.05) is 19.1 Å². The maximum atomic E-state index is 6.01. The topological polar surface area (TPSA) is 38.0 Å². The van der Waals surface area contributed by atoms with Gasteiger partial charge in [0.1, 0.15) is 0 Å². The van der Waals surface area contributed by atoms with E-state index in [1.165, 1.54) is 23.3 Å². The molecule has 3 N–H and O–H groups in total. The second-order valence-corrected chi connectivity index (χ2v) is 6.20. The third-order valence-electron chi connectivity index (χ3n) is 3.19. The Morgan fingerprint density at radius 1 is 1.29 bits per heavy atom. The summed E-state index contributed by atoms with van der Waals surface area (Å²) in [6, 6.07) is 8.90. The van der Waals surface area contributed by atoms with Crippen LogP contribution in [0.1, 0.15) is 25.3 Å². The first-order chi connectivity index (χ1) is 8.22. The lowest BCUT2D eigenvalue weighted by Gasteiger charge is -2.10. The Balaban J connectivity index is 1.67. The van der Waals surface area contributed by atoms with E-state index in [1.54, 1.807) is 0 Å². The summed E-state index contributed by atoms with van der Waals surface area (Å²) < 4.78 is 0. The average Bonchev–Trinajstić information content (AvgIpc) is 3.06. The molecule has 1 fully saturated rings. The minimum absolute atomic E-state index is 0.127. The monoisotopic (exact) mass is 250 g/mol. The van der Waals surface area contributed by atoms with Gasteiger partial charge in [0.15, 0.2) is 0 Å². The van der Waals surface area contributed by atoms with E-state index in [-0.39, 0.29) is 5.54 Å². The Kier molecular flexibility index (Phi) is 4.48. The smallest absolute Gasteiger partial charge is 0.0282 e. The molecule has 94 valence electrons. The van der Waals surface area contributed by atoms with Crippen molar-refractivity contribution in [1.29, 1.82) is 0 Å². The largest absolute Gasteiger partial charge is 0.324 e. The predicted molar refractivity (Wildman–Crippen MR) is 75.6 cm³/mol. The molecule has 17 heavy (non-hydrogen) atoms. The molecule has 3 heteroatoms. The molecule has 0 aliphatic heterocycles. The van der Waals surface area contributed by atoms with Crippen LogP contribution in [-0.2, 0) is 6.42 Å². The molecule has 0 amide bonds. The van der Waals surface area contributed by atoms with E-state index in [0.717, 1.165) is 25.3 Å². The Morgan fingerprint density at radius 2 is 2.00 bits per heavy atom. The van der Waals surface area contributed by atoms with Gasteiger partial charge in [0.25, 0.3) is 0 Å². The first-order valence-electron chi connectivity index (χ1n) is 6.43. The quantitative estimate of drug-likeness (QED) is 0.576. The molecule has 0 heterocycles. The van der Waals surface area contributed by atoms with Crippen molar-refractivity contribution in [3.8, 4) is 0 Å². The molecule has 0 atom stereocenters. The summed E-state index contributed by atoms with van der Waals surface area (Å²) in [5.41, 5.74) is 7.54. The lowest BCUT2D eigenvalue weighted by Crippen LogP contribution is -2.36. The zero-order valence-electron chi connectivity index (χ0n) is 10.5. The highest BCUT2D eigenvalue weighted by Crippen LogP contribution is 2.30. The van der Waals surface area contributed by atoms with Crippen LogP contribution >= 0.6 is 11.8 Å². The molecular formula is C14H22N2S. The molecule has 1 aromatic rings. The number of nitrogens with two attached hydrogens (primary N) is 1. The highest BCUT2D eigenvalue weighted by atomic mass is 32.2. The van der Waals surface area contributed by atoms with E-state index in [1.807, 2.05) is 11.8 Å². The van der Waals surface area contributed by atoms with Crippen LogP contribution in [0.15, 0.2) is 29.2 Å².